The number of carbonyl (C=O) groups excluding carboxylic acids is 4. The second-order valence-electron chi connectivity index (χ2n) is 11.7. The summed E-state index contributed by atoms with van der Waals surface area (Å²) in [6.45, 7) is 11.4. The van der Waals surface area contributed by atoms with E-state index in [9.17, 15) is 19.2 Å². The van der Waals surface area contributed by atoms with Crippen LogP contribution in [0.3, 0.4) is 0 Å². The zero-order valence-electron chi connectivity index (χ0n) is 24.0. The summed E-state index contributed by atoms with van der Waals surface area (Å²) in [6.07, 6.45) is 4.24. The number of rotatable bonds is 12. The van der Waals surface area contributed by atoms with Gasteiger partial charge in [-0.25, -0.2) is 9.59 Å². The average molecular weight is 531 g/mol. The van der Waals surface area contributed by atoms with Crippen LogP contribution < -0.4 is 5.32 Å². The molecular formula is C30H46N2O6. The van der Waals surface area contributed by atoms with Crippen molar-refractivity contribution in [3.05, 3.63) is 35.9 Å². The summed E-state index contributed by atoms with van der Waals surface area (Å²) in [5.74, 6) is -1.56. The molecule has 2 amide bonds. The molecule has 8 nitrogen and oxygen atoms in total. The lowest BCUT2D eigenvalue weighted by molar-refractivity contribution is -0.164. The van der Waals surface area contributed by atoms with Crippen molar-refractivity contribution in [3.63, 3.8) is 0 Å². The summed E-state index contributed by atoms with van der Waals surface area (Å²) in [7, 11) is 0. The minimum atomic E-state index is -0.781. The van der Waals surface area contributed by atoms with E-state index in [1.54, 1.807) is 34.6 Å². The normalized spacial score (nSPS) is 16.9. The molecule has 1 heterocycles. The fourth-order valence-electron chi connectivity index (χ4n) is 4.33. The van der Waals surface area contributed by atoms with Gasteiger partial charge in [-0.15, -0.1) is 0 Å². The quantitative estimate of drug-likeness (QED) is 0.294. The Morgan fingerprint density at radius 2 is 1.71 bits per heavy atom. The van der Waals surface area contributed by atoms with Crippen LogP contribution in [0.4, 0.5) is 4.79 Å². The van der Waals surface area contributed by atoms with Gasteiger partial charge in [0, 0.05) is 24.9 Å². The highest BCUT2D eigenvalue weighted by Crippen LogP contribution is 2.26. The first-order valence-corrected chi connectivity index (χ1v) is 13.9. The summed E-state index contributed by atoms with van der Waals surface area (Å²) in [5.41, 5.74) is -0.187. The lowest BCUT2D eigenvalue weighted by Gasteiger charge is -2.36. The van der Waals surface area contributed by atoms with Gasteiger partial charge in [0.2, 0.25) is 5.78 Å². The number of nitrogens with zero attached hydrogens (tertiary/aromatic N) is 1. The standard InChI is InChI=1S/C30H46N2O6/c1-7-30(5,6)25(33)26(34)32-21-12-11-18-24(32)27(35)37-23(17-13-16-22-14-9-8-10-15-22)19-20-31-28(36)38-29(2,3)4/h8-10,14-15,23-24H,7,11-13,16-21H2,1-6H3,(H,31,36)/t23?,24-/m0/s1. The van der Waals surface area contributed by atoms with E-state index in [2.05, 4.69) is 17.4 Å². The Labute approximate surface area is 227 Å². The summed E-state index contributed by atoms with van der Waals surface area (Å²) in [5, 5.41) is 2.73. The van der Waals surface area contributed by atoms with E-state index in [0.29, 0.717) is 32.2 Å². The Bertz CT molecular complexity index is 938. The maximum absolute atomic E-state index is 13.3. The largest absolute Gasteiger partial charge is 0.461 e. The number of ether oxygens (including phenoxy) is 2. The number of piperidine rings is 1. The number of hydrogen-bond acceptors (Lipinski definition) is 6. The van der Waals surface area contributed by atoms with Crippen molar-refractivity contribution in [1.29, 1.82) is 0 Å². The van der Waals surface area contributed by atoms with E-state index in [0.717, 1.165) is 25.7 Å². The Morgan fingerprint density at radius 3 is 2.34 bits per heavy atom. The molecule has 1 aliphatic heterocycles. The van der Waals surface area contributed by atoms with Crippen molar-refractivity contribution in [2.24, 2.45) is 5.41 Å². The van der Waals surface area contributed by atoms with Crippen molar-refractivity contribution in [2.45, 2.75) is 111 Å². The summed E-state index contributed by atoms with van der Waals surface area (Å²) < 4.78 is 11.2. The molecule has 0 spiro atoms. The van der Waals surface area contributed by atoms with Gasteiger partial charge < -0.3 is 19.7 Å². The van der Waals surface area contributed by atoms with E-state index in [4.69, 9.17) is 9.47 Å². The van der Waals surface area contributed by atoms with Crippen LogP contribution in [0.1, 0.15) is 92.1 Å². The average Bonchev–Trinajstić information content (AvgIpc) is 2.87. The van der Waals surface area contributed by atoms with E-state index in [-0.39, 0.29) is 6.54 Å². The van der Waals surface area contributed by atoms with Gasteiger partial charge >= 0.3 is 12.1 Å². The number of ketones is 1. The molecule has 0 radical (unpaired) electrons. The molecule has 1 aromatic rings. The Morgan fingerprint density at radius 1 is 1.03 bits per heavy atom. The second kappa shape index (κ2) is 14.3. The third kappa shape index (κ3) is 10.1. The van der Waals surface area contributed by atoms with Gasteiger partial charge in [0.1, 0.15) is 17.7 Å². The highest BCUT2D eigenvalue weighted by atomic mass is 16.6. The predicted octanol–water partition coefficient (Wildman–Crippen LogP) is 5.22. The molecular weight excluding hydrogens is 484 g/mol. The van der Waals surface area contributed by atoms with Crippen molar-refractivity contribution in [1.82, 2.24) is 10.2 Å². The van der Waals surface area contributed by atoms with Gasteiger partial charge in [-0.05, 0) is 71.3 Å². The highest BCUT2D eigenvalue weighted by Gasteiger charge is 2.41. The number of carbonyl (C=O) groups is 4. The van der Waals surface area contributed by atoms with Crippen LogP contribution in [0.25, 0.3) is 0 Å². The zero-order chi connectivity index (χ0) is 28.3. The summed E-state index contributed by atoms with van der Waals surface area (Å²) in [4.78, 5) is 52.8. The molecule has 1 aromatic carbocycles. The number of nitrogens with one attached hydrogen (secondary N) is 1. The minimum Gasteiger partial charge on any atom is -0.461 e. The van der Waals surface area contributed by atoms with Crippen LogP contribution >= 0.6 is 0 Å². The number of hydrogen-bond donors (Lipinski definition) is 1. The minimum absolute atomic E-state index is 0.286. The summed E-state index contributed by atoms with van der Waals surface area (Å²) in [6, 6.07) is 9.31. The smallest absolute Gasteiger partial charge is 0.407 e. The fourth-order valence-corrected chi connectivity index (χ4v) is 4.33. The van der Waals surface area contributed by atoms with Crippen LogP contribution in [0, 0.1) is 5.41 Å². The predicted molar refractivity (Wildman–Crippen MR) is 147 cm³/mol. The molecule has 1 aliphatic rings. The Kier molecular flexibility index (Phi) is 11.8. The number of Topliss-reactive ketones (excluding diaryl/α,β-unsaturated/α-hetero) is 1. The monoisotopic (exact) mass is 530 g/mol. The maximum atomic E-state index is 13.3. The van der Waals surface area contributed by atoms with Crippen LogP contribution in [-0.4, -0.2) is 59.5 Å². The molecule has 0 saturated carbocycles. The SMILES string of the molecule is CCC(C)(C)C(=O)C(=O)N1CCCC[C@H]1C(=O)OC(CCCc1ccccc1)CCNC(=O)OC(C)(C)C. The first-order chi connectivity index (χ1) is 17.8. The van der Waals surface area contributed by atoms with E-state index < -0.39 is 46.9 Å². The van der Waals surface area contributed by atoms with Crippen molar-refractivity contribution >= 4 is 23.8 Å². The third-order valence-corrected chi connectivity index (χ3v) is 6.98. The van der Waals surface area contributed by atoms with Crippen LogP contribution in [0.2, 0.25) is 0 Å². The fraction of sp³-hybridized carbons (Fsp3) is 0.667. The van der Waals surface area contributed by atoms with E-state index in [1.807, 2.05) is 25.1 Å². The number of likely N-dealkylation sites (tertiary alicyclic amines) is 1. The number of aryl methyl sites for hydroxylation is 1. The Hall–Kier alpha value is -2.90. The van der Waals surface area contributed by atoms with Gasteiger partial charge in [0.05, 0.1) is 0 Å². The first-order valence-electron chi connectivity index (χ1n) is 13.9. The van der Waals surface area contributed by atoms with Crippen molar-refractivity contribution in [3.8, 4) is 0 Å². The van der Waals surface area contributed by atoms with Crippen LogP contribution in [0.15, 0.2) is 30.3 Å². The molecule has 0 aromatic heterocycles. The molecule has 0 bridgehead atoms. The molecule has 0 aliphatic carbocycles. The number of esters is 1. The van der Waals surface area contributed by atoms with Gasteiger partial charge in [0.15, 0.2) is 0 Å². The van der Waals surface area contributed by atoms with Gasteiger partial charge in [0.25, 0.3) is 5.91 Å². The molecule has 38 heavy (non-hydrogen) atoms. The van der Waals surface area contributed by atoms with Crippen LogP contribution in [0.5, 0.6) is 0 Å². The Balaban J connectivity index is 2.06. The summed E-state index contributed by atoms with van der Waals surface area (Å²) >= 11 is 0. The highest BCUT2D eigenvalue weighted by molar-refractivity contribution is 6.38. The molecule has 1 unspecified atom stereocenters. The molecule has 212 valence electrons. The van der Waals surface area contributed by atoms with Crippen LogP contribution in [-0.2, 0) is 30.3 Å². The molecule has 2 rings (SSSR count). The van der Waals surface area contributed by atoms with Crippen molar-refractivity contribution < 1.29 is 28.7 Å². The second-order valence-corrected chi connectivity index (χ2v) is 11.7. The third-order valence-electron chi connectivity index (χ3n) is 6.98. The number of alkyl carbamates (subject to hydrolysis) is 1. The van der Waals surface area contributed by atoms with E-state index >= 15 is 0 Å². The van der Waals surface area contributed by atoms with E-state index in [1.165, 1.54) is 10.5 Å². The molecule has 1 saturated heterocycles. The van der Waals surface area contributed by atoms with Gasteiger partial charge in [-0.1, -0.05) is 51.1 Å². The van der Waals surface area contributed by atoms with Gasteiger partial charge in [-0.3, -0.25) is 9.59 Å². The molecule has 1 fully saturated rings. The zero-order valence-corrected chi connectivity index (χ0v) is 24.0. The van der Waals surface area contributed by atoms with Crippen molar-refractivity contribution in [2.75, 3.05) is 13.1 Å². The molecule has 8 heteroatoms. The molecule has 2 atom stereocenters. The number of benzene rings is 1. The molecule has 1 N–H and O–H groups in total. The topological polar surface area (TPSA) is 102 Å². The van der Waals surface area contributed by atoms with Gasteiger partial charge in [-0.2, -0.15) is 0 Å². The first kappa shape index (κ1) is 31.3. The lowest BCUT2D eigenvalue weighted by Crippen LogP contribution is -2.53. The maximum Gasteiger partial charge on any atom is 0.407 e. The lowest BCUT2D eigenvalue weighted by atomic mass is 9.84. The number of amides is 2.